The fourth-order valence-corrected chi connectivity index (χ4v) is 3.29. The number of carbonyl (C=O) groups is 2. The zero-order valence-corrected chi connectivity index (χ0v) is 16.7. The van der Waals surface area contributed by atoms with Crippen LogP contribution in [0.2, 0.25) is 0 Å². The van der Waals surface area contributed by atoms with Gasteiger partial charge in [-0.2, -0.15) is 0 Å². The summed E-state index contributed by atoms with van der Waals surface area (Å²) in [5, 5.41) is 5.75. The predicted molar refractivity (Wildman–Crippen MR) is 113 cm³/mol. The van der Waals surface area contributed by atoms with E-state index in [-0.39, 0.29) is 17.7 Å². The summed E-state index contributed by atoms with van der Waals surface area (Å²) >= 11 is 0. The molecule has 1 fully saturated rings. The molecule has 2 amide bonds. The number of piperidine rings is 1. The van der Waals surface area contributed by atoms with Gasteiger partial charge in [-0.05, 0) is 49.1 Å². The third-order valence-corrected chi connectivity index (χ3v) is 4.90. The quantitative estimate of drug-likeness (QED) is 0.817. The maximum absolute atomic E-state index is 12.7. The number of amides is 2. The Morgan fingerprint density at radius 2 is 1.89 bits per heavy atom. The summed E-state index contributed by atoms with van der Waals surface area (Å²) in [6, 6.07) is 10.7. The van der Waals surface area contributed by atoms with Gasteiger partial charge in [0.1, 0.15) is 5.82 Å². The molecule has 1 aliphatic heterocycles. The van der Waals surface area contributed by atoms with Crippen LogP contribution in [0.25, 0.3) is 0 Å². The van der Waals surface area contributed by atoms with Crippen LogP contribution in [-0.4, -0.2) is 29.9 Å². The fraction of sp³-hybridized carbons (Fsp3) is 0.409. The van der Waals surface area contributed by atoms with Crippen molar-refractivity contribution < 1.29 is 9.59 Å². The van der Waals surface area contributed by atoms with Crippen LogP contribution in [-0.2, 0) is 4.79 Å². The summed E-state index contributed by atoms with van der Waals surface area (Å²) in [5.74, 6) is 1.12. The van der Waals surface area contributed by atoms with Gasteiger partial charge in [-0.3, -0.25) is 9.59 Å². The summed E-state index contributed by atoms with van der Waals surface area (Å²) in [6.45, 7) is 7.86. The SMILES string of the molecule is CC1CCCN(c2cc(C(=O)Nc3cccc(NC(=O)C(C)C)c3)ccn2)C1. The second-order valence-electron chi connectivity index (χ2n) is 7.78. The van der Waals surface area contributed by atoms with E-state index in [0.29, 0.717) is 22.9 Å². The Labute approximate surface area is 166 Å². The monoisotopic (exact) mass is 380 g/mol. The number of aromatic nitrogens is 1. The molecule has 0 radical (unpaired) electrons. The van der Waals surface area contributed by atoms with Crippen molar-refractivity contribution in [2.45, 2.75) is 33.6 Å². The molecule has 28 heavy (non-hydrogen) atoms. The smallest absolute Gasteiger partial charge is 0.255 e. The third-order valence-electron chi connectivity index (χ3n) is 4.90. The maximum Gasteiger partial charge on any atom is 0.255 e. The number of pyridine rings is 1. The Hall–Kier alpha value is -2.89. The Morgan fingerprint density at radius 1 is 1.14 bits per heavy atom. The van der Waals surface area contributed by atoms with Crippen LogP contribution < -0.4 is 15.5 Å². The normalized spacial score (nSPS) is 16.7. The first-order valence-electron chi connectivity index (χ1n) is 9.85. The Morgan fingerprint density at radius 3 is 2.61 bits per heavy atom. The molecule has 148 valence electrons. The molecule has 0 saturated carbocycles. The Bertz CT molecular complexity index is 850. The lowest BCUT2D eigenvalue weighted by Crippen LogP contribution is -2.34. The van der Waals surface area contributed by atoms with Crippen molar-refractivity contribution >= 4 is 29.0 Å². The van der Waals surface area contributed by atoms with Crippen LogP contribution in [0.3, 0.4) is 0 Å². The van der Waals surface area contributed by atoms with Gasteiger partial charge in [0.05, 0.1) is 0 Å². The van der Waals surface area contributed by atoms with Gasteiger partial charge in [0.15, 0.2) is 0 Å². The van der Waals surface area contributed by atoms with Crippen molar-refractivity contribution in [3.8, 4) is 0 Å². The van der Waals surface area contributed by atoms with E-state index in [1.807, 2.05) is 19.9 Å². The van der Waals surface area contributed by atoms with Crippen LogP contribution in [0.1, 0.15) is 44.0 Å². The standard InChI is InChI=1S/C22H28N4O2/c1-15(2)21(27)24-18-7-4-8-19(13-18)25-22(28)17-9-10-23-20(12-17)26-11-5-6-16(3)14-26/h4,7-10,12-13,15-16H,5-6,11,14H2,1-3H3,(H,24,27)(H,25,28). The van der Waals surface area contributed by atoms with E-state index in [0.717, 1.165) is 25.3 Å². The van der Waals surface area contributed by atoms with Crippen molar-refractivity contribution in [3.63, 3.8) is 0 Å². The summed E-state index contributed by atoms with van der Waals surface area (Å²) in [7, 11) is 0. The van der Waals surface area contributed by atoms with Crippen molar-refractivity contribution in [1.82, 2.24) is 4.98 Å². The number of rotatable bonds is 5. The second-order valence-corrected chi connectivity index (χ2v) is 7.78. The van der Waals surface area contributed by atoms with E-state index in [1.54, 1.807) is 36.5 Å². The van der Waals surface area contributed by atoms with Crippen molar-refractivity contribution in [1.29, 1.82) is 0 Å². The average Bonchev–Trinajstić information content (AvgIpc) is 2.68. The minimum Gasteiger partial charge on any atom is -0.356 e. The van der Waals surface area contributed by atoms with E-state index < -0.39 is 0 Å². The van der Waals surface area contributed by atoms with E-state index in [4.69, 9.17) is 0 Å². The summed E-state index contributed by atoms with van der Waals surface area (Å²) in [5.41, 5.74) is 1.87. The molecule has 2 N–H and O–H groups in total. The molecule has 6 heteroatoms. The van der Waals surface area contributed by atoms with Crippen LogP contribution in [0.4, 0.5) is 17.2 Å². The van der Waals surface area contributed by atoms with E-state index in [2.05, 4.69) is 27.4 Å². The van der Waals surface area contributed by atoms with Crippen molar-refractivity contribution in [3.05, 3.63) is 48.2 Å². The first-order chi connectivity index (χ1) is 13.4. The number of nitrogens with zero attached hydrogens (tertiary/aromatic N) is 2. The molecule has 1 unspecified atom stereocenters. The van der Waals surface area contributed by atoms with Gasteiger partial charge in [0, 0.05) is 42.1 Å². The molecule has 2 aromatic rings. The predicted octanol–water partition coefficient (Wildman–Crippen LogP) is 4.16. The number of carbonyl (C=O) groups excluding carboxylic acids is 2. The zero-order valence-electron chi connectivity index (χ0n) is 16.7. The first kappa shape index (κ1) is 19.9. The number of nitrogens with one attached hydrogen (secondary N) is 2. The van der Waals surface area contributed by atoms with Gasteiger partial charge in [0.25, 0.3) is 5.91 Å². The van der Waals surface area contributed by atoms with Gasteiger partial charge in [0.2, 0.25) is 5.91 Å². The highest BCUT2D eigenvalue weighted by Crippen LogP contribution is 2.22. The van der Waals surface area contributed by atoms with Gasteiger partial charge < -0.3 is 15.5 Å². The molecule has 2 heterocycles. The van der Waals surface area contributed by atoms with E-state index >= 15 is 0 Å². The number of anilines is 3. The van der Waals surface area contributed by atoms with E-state index in [9.17, 15) is 9.59 Å². The Balaban J connectivity index is 1.69. The third kappa shape index (κ3) is 5.09. The number of hydrogen-bond donors (Lipinski definition) is 2. The number of benzene rings is 1. The molecule has 6 nitrogen and oxygen atoms in total. The highest BCUT2D eigenvalue weighted by molar-refractivity contribution is 6.05. The second kappa shape index (κ2) is 8.87. The fourth-order valence-electron chi connectivity index (χ4n) is 3.29. The highest BCUT2D eigenvalue weighted by Gasteiger charge is 2.18. The largest absolute Gasteiger partial charge is 0.356 e. The molecular formula is C22H28N4O2. The summed E-state index contributed by atoms with van der Waals surface area (Å²) < 4.78 is 0. The molecule has 1 aromatic carbocycles. The molecule has 1 atom stereocenters. The van der Waals surface area contributed by atoms with Crippen LogP contribution in [0, 0.1) is 11.8 Å². The summed E-state index contributed by atoms with van der Waals surface area (Å²) in [6.07, 6.45) is 4.07. The molecule has 0 bridgehead atoms. The zero-order chi connectivity index (χ0) is 20.1. The molecule has 1 aliphatic rings. The van der Waals surface area contributed by atoms with Gasteiger partial charge in [-0.15, -0.1) is 0 Å². The lowest BCUT2D eigenvalue weighted by Gasteiger charge is -2.31. The van der Waals surface area contributed by atoms with Crippen LogP contribution in [0.15, 0.2) is 42.6 Å². The first-order valence-corrected chi connectivity index (χ1v) is 9.85. The lowest BCUT2D eigenvalue weighted by atomic mass is 10.0. The maximum atomic E-state index is 12.7. The van der Waals surface area contributed by atoms with Gasteiger partial charge in [-0.25, -0.2) is 4.98 Å². The minimum atomic E-state index is -0.193. The van der Waals surface area contributed by atoms with Gasteiger partial charge in [-0.1, -0.05) is 26.8 Å². The molecular weight excluding hydrogens is 352 g/mol. The lowest BCUT2D eigenvalue weighted by molar-refractivity contribution is -0.118. The van der Waals surface area contributed by atoms with Crippen molar-refractivity contribution in [2.24, 2.45) is 11.8 Å². The molecule has 0 aliphatic carbocycles. The van der Waals surface area contributed by atoms with Crippen LogP contribution >= 0.6 is 0 Å². The topological polar surface area (TPSA) is 74.3 Å². The molecule has 0 spiro atoms. The summed E-state index contributed by atoms with van der Waals surface area (Å²) in [4.78, 5) is 31.3. The number of hydrogen-bond acceptors (Lipinski definition) is 4. The molecule has 1 aromatic heterocycles. The molecule has 1 saturated heterocycles. The average molecular weight is 380 g/mol. The Kier molecular flexibility index (Phi) is 6.29. The van der Waals surface area contributed by atoms with Gasteiger partial charge >= 0.3 is 0 Å². The highest BCUT2D eigenvalue weighted by atomic mass is 16.2. The van der Waals surface area contributed by atoms with Crippen LogP contribution in [0.5, 0.6) is 0 Å². The molecule has 3 rings (SSSR count). The van der Waals surface area contributed by atoms with E-state index in [1.165, 1.54) is 6.42 Å². The van der Waals surface area contributed by atoms with Crippen molar-refractivity contribution in [2.75, 3.05) is 28.6 Å². The minimum absolute atomic E-state index is 0.0574.